The van der Waals surface area contributed by atoms with Gasteiger partial charge in [-0.25, -0.2) is 13.4 Å². The molecular formula is C20H16N4O3S2. The highest BCUT2D eigenvalue weighted by Gasteiger charge is 2.24. The van der Waals surface area contributed by atoms with Gasteiger partial charge in [0.25, 0.3) is 10.0 Å². The number of fused-ring (bicyclic) bond motifs is 2. The lowest BCUT2D eigenvalue weighted by atomic mass is 10.1. The van der Waals surface area contributed by atoms with Gasteiger partial charge >= 0.3 is 0 Å². The molecule has 1 N–H and O–H groups in total. The SMILES string of the molecule is O=S(=O)(Nc1nccs1)c1ccc2c(c1)OCCN2c1cccc2ccncc12. The van der Waals surface area contributed by atoms with E-state index in [-0.39, 0.29) is 4.90 Å². The third-order valence-corrected chi connectivity index (χ3v) is 6.86. The first-order valence-electron chi connectivity index (χ1n) is 8.91. The largest absolute Gasteiger partial charge is 0.489 e. The summed E-state index contributed by atoms with van der Waals surface area (Å²) in [6.07, 6.45) is 5.16. The van der Waals surface area contributed by atoms with Crippen LogP contribution in [-0.2, 0) is 10.0 Å². The molecule has 0 radical (unpaired) electrons. The first-order chi connectivity index (χ1) is 14.1. The van der Waals surface area contributed by atoms with Gasteiger partial charge < -0.3 is 9.64 Å². The Morgan fingerprint density at radius 3 is 2.90 bits per heavy atom. The molecular weight excluding hydrogens is 408 g/mol. The molecule has 9 heteroatoms. The average Bonchev–Trinajstić information content (AvgIpc) is 3.25. The minimum atomic E-state index is -3.74. The molecule has 4 aromatic rings. The molecule has 0 bridgehead atoms. The molecule has 0 saturated carbocycles. The van der Waals surface area contributed by atoms with Crippen molar-refractivity contribution in [2.75, 3.05) is 22.8 Å². The van der Waals surface area contributed by atoms with Gasteiger partial charge in [-0.1, -0.05) is 12.1 Å². The van der Waals surface area contributed by atoms with Gasteiger partial charge in [-0.3, -0.25) is 9.71 Å². The van der Waals surface area contributed by atoms with Gasteiger partial charge in [0.05, 0.1) is 22.8 Å². The van der Waals surface area contributed by atoms with Crippen LogP contribution in [0.4, 0.5) is 16.5 Å². The van der Waals surface area contributed by atoms with E-state index in [1.54, 1.807) is 36.0 Å². The molecule has 0 fully saturated rings. The van der Waals surface area contributed by atoms with E-state index in [0.29, 0.717) is 24.0 Å². The van der Waals surface area contributed by atoms with E-state index in [0.717, 1.165) is 22.1 Å². The maximum Gasteiger partial charge on any atom is 0.263 e. The van der Waals surface area contributed by atoms with Gasteiger partial charge in [0, 0.05) is 35.4 Å². The van der Waals surface area contributed by atoms with Crippen LogP contribution in [-0.4, -0.2) is 31.5 Å². The molecule has 1 aliphatic rings. The number of rotatable bonds is 4. The van der Waals surface area contributed by atoms with Crippen molar-refractivity contribution in [2.45, 2.75) is 4.90 Å². The molecule has 29 heavy (non-hydrogen) atoms. The average molecular weight is 425 g/mol. The summed E-state index contributed by atoms with van der Waals surface area (Å²) in [5.41, 5.74) is 1.83. The Labute approximate surface area is 171 Å². The van der Waals surface area contributed by atoms with E-state index in [1.165, 1.54) is 11.3 Å². The Morgan fingerprint density at radius 2 is 2.03 bits per heavy atom. The lowest BCUT2D eigenvalue weighted by molar-refractivity contribution is 0.313. The fraction of sp³-hybridized carbons (Fsp3) is 0.100. The molecule has 0 saturated heterocycles. The number of sulfonamides is 1. The van der Waals surface area contributed by atoms with Crippen LogP contribution in [0.5, 0.6) is 5.75 Å². The van der Waals surface area contributed by atoms with Crippen molar-refractivity contribution in [3.8, 4) is 5.75 Å². The molecule has 0 atom stereocenters. The molecule has 0 unspecified atom stereocenters. The van der Waals surface area contributed by atoms with Crippen molar-refractivity contribution in [3.63, 3.8) is 0 Å². The number of ether oxygens (including phenoxy) is 1. The maximum absolute atomic E-state index is 12.7. The van der Waals surface area contributed by atoms with Crippen LogP contribution in [0.2, 0.25) is 0 Å². The molecule has 1 aliphatic heterocycles. The second kappa shape index (κ2) is 7.02. The van der Waals surface area contributed by atoms with E-state index in [1.807, 2.05) is 30.5 Å². The van der Waals surface area contributed by atoms with Crippen LogP contribution < -0.4 is 14.4 Å². The Bertz CT molecular complexity index is 1290. The predicted octanol–water partition coefficient (Wildman–Crippen LogP) is 4.02. The van der Waals surface area contributed by atoms with E-state index in [2.05, 4.69) is 19.6 Å². The van der Waals surface area contributed by atoms with Crippen molar-refractivity contribution in [3.05, 3.63) is 66.4 Å². The van der Waals surface area contributed by atoms with Crippen molar-refractivity contribution in [1.82, 2.24) is 9.97 Å². The molecule has 146 valence electrons. The van der Waals surface area contributed by atoms with Gasteiger partial charge in [0.1, 0.15) is 12.4 Å². The minimum Gasteiger partial charge on any atom is -0.489 e. The third kappa shape index (κ3) is 3.28. The zero-order valence-electron chi connectivity index (χ0n) is 15.1. The molecule has 7 nitrogen and oxygen atoms in total. The fourth-order valence-corrected chi connectivity index (χ4v) is 5.20. The smallest absolute Gasteiger partial charge is 0.263 e. The van der Waals surface area contributed by atoms with Gasteiger partial charge in [0.2, 0.25) is 0 Å². The predicted molar refractivity (Wildman–Crippen MR) is 114 cm³/mol. The minimum absolute atomic E-state index is 0.132. The Hall–Kier alpha value is -3.17. The normalized spacial score (nSPS) is 13.7. The summed E-state index contributed by atoms with van der Waals surface area (Å²) < 4.78 is 33.7. The zero-order valence-corrected chi connectivity index (χ0v) is 16.8. The maximum atomic E-state index is 12.7. The number of anilines is 3. The number of nitrogens with one attached hydrogen (secondary N) is 1. The number of aromatic nitrogens is 2. The highest BCUT2D eigenvalue weighted by Crippen LogP contribution is 2.40. The Morgan fingerprint density at radius 1 is 1.10 bits per heavy atom. The molecule has 3 heterocycles. The number of pyridine rings is 1. The second-order valence-electron chi connectivity index (χ2n) is 6.45. The van der Waals surface area contributed by atoms with Crippen molar-refractivity contribution in [2.24, 2.45) is 0 Å². The van der Waals surface area contributed by atoms with Crippen molar-refractivity contribution >= 4 is 48.6 Å². The highest BCUT2D eigenvalue weighted by molar-refractivity contribution is 7.93. The van der Waals surface area contributed by atoms with Crippen LogP contribution in [0.3, 0.4) is 0 Å². The van der Waals surface area contributed by atoms with E-state index < -0.39 is 10.0 Å². The number of thiazole rings is 1. The topological polar surface area (TPSA) is 84.4 Å². The van der Waals surface area contributed by atoms with Crippen molar-refractivity contribution in [1.29, 1.82) is 0 Å². The molecule has 2 aromatic heterocycles. The molecule has 0 spiro atoms. The first kappa shape index (κ1) is 17.9. The van der Waals surface area contributed by atoms with Gasteiger partial charge in [-0.2, -0.15) is 0 Å². The number of benzene rings is 2. The standard InChI is InChI=1S/C20H16N4O3S2/c25-29(26,23-20-22-8-11-28-20)15-4-5-18-19(12-15)27-10-9-24(18)17-3-1-2-14-6-7-21-13-16(14)17/h1-8,11-13H,9-10H2,(H,22,23). The quantitative estimate of drug-likeness (QED) is 0.533. The summed E-state index contributed by atoms with van der Waals surface area (Å²) in [6, 6.07) is 13.0. The van der Waals surface area contributed by atoms with Crippen LogP contribution in [0.25, 0.3) is 10.8 Å². The van der Waals surface area contributed by atoms with Gasteiger partial charge in [-0.15, -0.1) is 11.3 Å². The Kier molecular flexibility index (Phi) is 4.33. The number of nitrogens with zero attached hydrogens (tertiary/aromatic N) is 3. The van der Waals surface area contributed by atoms with E-state index in [4.69, 9.17) is 4.74 Å². The van der Waals surface area contributed by atoms with Gasteiger partial charge in [-0.05, 0) is 29.7 Å². The molecule has 5 rings (SSSR count). The summed E-state index contributed by atoms with van der Waals surface area (Å²) in [5.74, 6) is 0.527. The second-order valence-corrected chi connectivity index (χ2v) is 9.02. The van der Waals surface area contributed by atoms with Gasteiger partial charge in [0.15, 0.2) is 5.13 Å². The zero-order chi connectivity index (χ0) is 19.8. The van der Waals surface area contributed by atoms with Crippen LogP contribution >= 0.6 is 11.3 Å². The molecule has 0 aliphatic carbocycles. The third-order valence-electron chi connectivity index (χ3n) is 4.71. The summed E-state index contributed by atoms with van der Waals surface area (Å²) in [6.45, 7) is 1.11. The molecule has 0 amide bonds. The van der Waals surface area contributed by atoms with Crippen LogP contribution in [0.1, 0.15) is 0 Å². The van der Waals surface area contributed by atoms with Crippen LogP contribution in [0.15, 0.2) is 71.3 Å². The lowest BCUT2D eigenvalue weighted by Crippen LogP contribution is -2.29. The monoisotopic (exact) mass is 424 g/mol. The Balaban J connectivity index is 1.55. The number of hydrogen-bond acceptors (Lipinski definition) is 7. The summed E-state index contributed by atoms with van der Waals surface area (Å²) in [4.78, 5) is 10.5. The van der Waals surface area contributed by atoms with Crippen molar-refractivity contribution < 1.29 is 13.2 Å². The summed E-state index contributed by atoms with van der Waals surface area (Å²) in [5, 5.41) is 4.17. The molecule has 2 aromatic carbocycles. The highest BCUT2D eigenvalue weighted by atomic mass is 32.2. The number of hydrogen-bond donors (Lipinski definition) is 1. The lowest BCUT2D eigenvalue weighted by Gasteiger charge is -2.32. The van der Waals surface area contributed by atoms with Crippen LogP contribution in [0, 0.1) is 0 Å². The fourth-order valence-electron chi connectivity index (χ4n) is 3.40. The summed E-state index contributed by atoms with van der Waals surface area (Å²) >= 11 is 1.23. The first-order valence-corrected chi connectivity index (χ1v) is 11.3. The van der Waals surface area contributed by atoms with E-state index in [9.17, 15) is 8.42 Å². The van der Waals surface area contributed by atoms with E-state index >= 15 is 0 Å². The summed E-state index contributed by atoms with van der Waals surface area (Å²) in [7, 11) is -3.74.